The molecule has 0 amide bonds. The first-order valence-corrected chi connectivity index (χ1v) is 7.89. The predicted octanol–water partition coefficient (Wildman–Crippen LogP) is 2.37. The molecule has 0 rings (SSSR count). The van der Waals surface area contributed by atoms with Gasteiger partial charge in [-0.05, 0) is 6.42 Å². The first kappa shape index (κ1) is 11.4. The highest BCUT2D eigenvalue weighted by Gasteiger charge is 2.08. The van der Waals surface area contributed by atoms with Crippen LogP contribution >= 0.6 is 0 Å². The van der Waals surface area contributed by atoms with E-state index >= 15 is 0 Å². The molecule has 0 spiro atoms. The van der Waals surface area contributed by atoms with Crippen LogP contribution < -0.4 is 0 Å². The summed E-state index contributed by atoms with van der Waals surface area (Å²) >= 11 is 0. The summed E-state index contributed by atoms with van der Waals surface area (Å²) in [7, 11) is -1.24. The highest BCUT2D eigenvalue weighted by molar-refractivity contribution is 6.81. The van der Waals surface area contributed by atoms with Crippen molar-refractivity contribution in [1.29, 1.82) is 0 Å². The van der Waals surface area contributed by atoms with Crippen molar-refractivity contribution in [1.82, 2.24) is 0 Å². The van der Waals surface area contributed by atoms with Crippen LogP contribution in [0.1, 0.15) is 13.3 Å². The molecule has 0 N–H and O–H groups in total. The van der Waals surface area contributed by atoms with E-state index in [9.17, 15) is 4.79 Å². The first-order valence-electron chi connectivity index (χ1n) is 4.31. The summed E-state index contributed by atoms with van der Waals surface area (Å²) in [6.07, 6.45) is 2.44. The Morgan fingerprint density at radius 2 is 2.00 bits per heavy atom. The Morgan fingerprint density at radius 3 is 2.42 bits per heavy atom. The van der Waals surface area contributed by atoms with Crippen LogP contribution in [0, 0.1) is 0 Å². The molecule has 0 fully saturated rings. The van der Waals surface area contributed by atoms with Crippen LogP contribution in [-0.2, 0) is 9.53 Å². The fourth-order valence-corrected chi connectivity index (χ4v) is 1.20. The minimum atomic E-state index is -1.24. The molecule has 12 heavy (non-hydrogen) atoms. The quantitative estimate of drug-likeness (QED) is 0.383. The van der Waals surface area contributed by atoms with E-state index in [1.165, 1.54) is 0 Å². The van der Waals surface area contributed by atoms with Crippen LogP contribution in [0.15, 0.2) is 11.8 Å². The Kier molecular flexibility index (Phi) is 4.89. The first-order chi connectivity index (χ1) is 5.45. The van der Waals surface area contributed by atoms with Gasteiger partial charge in [-0.2, -0.15) is 0 Å². The minimum Gasteiger partial charge on any atom is -0.463 e. The number of esters is 1. The third-order valence-corrected chi connectivity index (χ3v) is 2.33. The largest absolute Gasteiger partial charge is 0.463 e. The molecule has 0 bridgehead atoms. The second kappa shape index (κ2) is 5.14. The number of hydrogen-bond acceptors (Lipinski definition) is 2. The topological polar surface area (TPSA) is 26.3 Å². The van der Waals surface area contributed by atoms with Gasteiger partial charge < -0.3 is 4.74 Å². The van der Waals surface area contributed by atoms with Crippen LogP contribution in [0.2, 0.25) is 19.6 Å². The van der Waals surface area contributed by atoms with Gasteiger partial charge in [-0.15, -0.1) is 0 Å². The lowest BCUT2D eigenvalue weighted by Crippen LogP contribution is -2.16. The van der Waals surface area contributed by atoms with Gasteiger partial charge in [-0.25, -0.2) is 4.79 Å². The summed E-state index contributed by atoms with van der Waals surface area (Å²) in [5.41, 5.74) is 1.99. The second-order valence-corrected chi connectivity index (χ2v) is 8.93. The fraction of sp³-hybridized carbons (Fsp3) is 0.667. The molecule has 0 aromatic carbocycles. The molecule has 2 nitrogen and oxygen atoms in total. The summed E-state index contributed by atoms with van der Waals surface area (Å²) in [5, 5.41) is 0. The Morgan fingerprint density at radius 1 is 1.42 bits per heavy atom. The van der Waals surface area contributed by atoms with Crippen molar-refractivity contribution in [3.8, 4) is 0 Å². The summed E-state index contributed by atoms with van der Waals surface area (Å²) in [5.74, 6) is -0.209. The molecule has 3 heteroatoms. The van der Waals surface area contributed by atoms with Gasteiger partial charge in [0.2, 0.25) is 0 Å². The SMILES string of the molecule is CCCOC(=O)C=C[Si](C)(C)C. The molecule has 0 aliphatic heterocycles. The van der Waals surface area contributed by atoms with E-state index in [1.807, 2.05) is 12.6 Å². The average molecular weight is 186 g/mol. The van der Waals surface area contributed by atoms with E-state index in [4.69, 9.17) is 4.74 Å². The molecule has 0 unspecified atom stereocenters. The van der Waals surface area contributed by atoms with Gasteiger partial charge in [0.25, 0.3) is 0 Å². The maximum absolute atomic E-state index is 11.0. The zero-order valence-electron chi connectivity index (χ0n) is 8.39. The van der Waals surface area contributed by atoms with Crippen molar-refractivity contribution in [2.24, 2.45) is 0 Å². The Bertz CT molecular complexity index is 168. The van der Waals surface area contributed by atoms with E-state index in [-0.39, 0.29) is 5.97 Å². The van der Waals surface area contributed by atoms with Crippen molar-refractivity contribution >= 4 is 14.0 Å². The molecule has 0 saturated carbocycles. The van der Waals surface area contributed by atoms with E-state index in [0.29, 0.717) is 6.61 Å². The molecule has 70 valence electrons. The minimum absolute atomic E-state index is 0.209. The van der Waals surface area contributed by atoms with Gasteiger partial charge in [0.15, 0.2) is 0 Å². The Labute approximate surface area is 75.6 Å². The highest BCUT2D eigenvalue weighted by atomic mass is 28.3. The van der Waals surface area contributed by atoms with Crippen LogP contribution in [-0.4, -0.2) is 20.7 Å². The highest BCUT2D eigenvalue weighted by Crippen LogP contribution is 2.01. The third kappa shape index (κ3) is 7.53. The molecule has 0 radical (unpaired) electrons. The summed E-state index contributed by atoms with van der Waals surface area (Å²) in [4.78, 5) is 11.0. The molecule has 0 saturated heterocycles. The molecule has 0 aromatic heterocycles. The van der Waals surface area contributed by atoms with Gasteiger partial charge in [0.05, 0.1) is 14.7 Å². The average Bonchev–Trinajstić information content (AvgIpc) is 1.95. The normalized spacial score (nSPS) is 12.0. The van der Waals surface area contributed by atoms with Crippen molar-refractivity contribution in [3.05, 3.63) is 11.8 Å². The van der Waals surface area contributed by atoms with Crippen LogP contribution in [0.25, 0.3) is 0 Å². The van der Waals surface area contributed by atoms with Crippen LogP contribution in [0.3, 0.4) is 0 Å². The fourth-order valence-electron chi connectivity index (χ4n) is 0.569. The van der Waals surface area contributed by atoms with Gasteiger partial charge in [0, 0.05) is 6.08 Å². The van der Waals surface area contributed by atoms with Crippen molar-refractivity contribution in [2.75, 3.05) is 6.61 Å². The molecular formula is C9H18O2Si. The zero-order chi connectivity index (χ0) is 9.61. The molecular weight excluding hydrogens is 168 g/mol. The molecule has 0 aliphatic rings. The third-order valence-electron chi connectivity index (χ3n) is 1.17. The summed E-state index contributed by atoms with van der Waals surface area (Å²) < 4.78 is 4.88. The van der Waals surface area contributed by atoms with E-state index in [0.717, 1.165) is 6.42 Å². The predicted molar refractivity (Wildman–Crippen MR) is 53.7 cm³/mol. The van der Waals surface area contributed by atoms with Crippen LogP contribution in [0.4, 0.5) is 0 Å². The maximum atomic E-state index is 11.0. The number of hydrogen-bond donors (Lipinski definition) is 0. The van der Waals surface area contributed by atoms with E-state index in [2.05, 4.69) is 19.6 Å². The molecule has 0 aliphatic carbocycles. The lowest BCUT2D eigenvalue weighted by atomic mass is 10.5. The van der Waals surface area contributed by atoms with Gasteiger partial charge in [0.1, 0.15) is 0 Å². The standard InChI is InChI=1S/C9H18O2Si/c1-5-7-11-9(10)6-8-12(2,3)4/h6,8H,5,7H2,1-4H3. The number of rotatable bonds is 4. The maximum Gasteiger partial charge on any atom is 0.330 e. The lowest BCUT2D eigenvalue weighted by Gasteiger charge is -2.07. The molecule has 0 heterocycles. The number of carbonyl (C=O) groups excluding carboxylic acids is 1. The molecule has 0 aromatic rings. The van der Waals surface area contributed by atoms with Gasteiger partial charge >= 0.3 is 5.97 Å². The van der Waals surface area contributed by atoms with Gasteiger partial charge in [-0.3, -0.25) is 0 Å². The van der Waals surface area contributed by atoms with Crippen molar-refractivity contribution < 1.29 is 9.53 Å². The molecule has 0 atom stereocenters. The Hall–Kier alpha value is -0.573. The number of carbonyl (C=O) groups is 1. The monoisotopic (exact) mass is 186 g/mol. The van der Waals surface area contributed by atoms with Crippen molar-refractivity contribution in [2.45, 2.75) is 33.0 Å². The lowest BCUT2D eigenvalue weighted by molar-refractivity contribution is -0.137. The zero-order valence-corrected chi connectivity index (χ0v) is 9.39. The Balaban J connectivity index is 3.76. The second-order valence-electron chi connectivity index (χ2n) is 3.87. The van der Waals surface area contributed by atoms with Gasteiger partial charge in [-0.1, -0.05) is 32.3 Å². The summed E-state index contributed by atoms with van der Waals surface area (Å²) in [6, 6.07) is 0. The van der Waals surface area contributed by atoms with E-state index < -0.39 is 8.07 Å². The summed E-state index contributed by atoms with van der Waals surface area (Å²) in [6.45, 7) is 9.04. The van der Waals surface area contributed by atoms with Crippen LogP contribution in [0.5, 0.6) is 0 Å². The smallest absolute Gasteiger partial charge is 0.330 e. The van der Waals surface area contributed by atoms with Crippen molar-refractivity contribution in [3.63, 3.8) is 0 Å². The number of ether oxygens (including phenoxy) is 1. The van der Waals surface area contributed by atoms with E-state index in [1.54, 1.807) is 6.08 Å².